The Kier molecular flexibility index (Phi) is 2.33. The van der Waals surface area contributed by atoms with Crippen LogP contribution in [-0.2, 0) is 0 Å². The molecule has 1 aromatic carbocycles. The van der Waals surface area contributed by atoms with Gasteiger partial charge in [0, 0.05) is 0 Å². The highest BCUT2D eigenvalue weighted by Gasteiger charge is 2.51. The van der Waals surface area contributed by atoms with E-state index in [1.165, 1.54) is 0 Å². The molecule has 0 bridgehead atoms. The quantitative estimate of drug-likeness (QED) is 0.633. The first-order chi connectivity index (χ1) is 7.75. The first-order valence-electron chi connectivity index (χ1n) is 5.58. The summed E-state index contributed by atoms with van der Waals surface area (Å²) in [6.07, 6.45) is 0. The van der Waals surface area contributed by atoms with E-state index in [-0.39, 0.29) is 13.9 Å². The molecule has 6 heteroatoms. The summed E-state index contributed by atoms with van der Waals surface area (Å²) in [5, 5.41) is 0. The van der Waals surface area contributed by atoms with Crippen LogP contribution in [0.3, 0.4) is 0 Å². The highest BCUT2D eigenvalue weighted by Crippen LogP contribution is 2.34. The minimum atomic E-state index is -0.213. The van der Waals surface area contributed by atoms with E-state index in [1.54, 1.807) is 0 Å². The Labute approximate surface area is 96.4 Å². The molecule has 0 N–H and O–H groups in total. The molecule has 1 aromatic rings. The van der Waals surface area contributed by atoms with Crippen molar-refractivity contribution in [2.45, 2.75) is 0 Å². The van der Waals surface area contributed by atoms with Crippen LogP contribution >= 0.6 is 0 Å². The van der Waals surface area contributed by atoms with E-state index in [4.69, 9.17) is 9.31 Å². The van der Waals surface area contributed by atoms with Crippen LogP contribution in [0, 0.1) is 0 Å². The number of hydrogen-bond acceptors (Lipinski definition) is 4. The molecule has 82 valence electrons. The summed E-state index contributed by atoms with van der Waals surface area (Å²) in [5.41, 5.74) is 0. The van der Waals surface area contributed by atoms with Gasteiger partial charge in [-0.15, -0.1) is 0 Å². The second kappa shape index (κ2) is 3.71. The van der Waals surface area contributed by atoms with Crippen molar-refractivity contribution in [2.75, 3.05) is 27.2 Å². The summed E-state index contributed by atoms with van der Waals surface area (Å²) in [6, 6.07) is 7.83. The Balaban J connectivity index is 1.80. The third-order valence-electron chi connectivity index (χ3n) is 3.29. The zero-order chi connectivity index (χ0) is 11.1. The second-order valence-electron chi connectivity index (χ2n) is 4.43. The second-order valence-corrected chi connectivity index (χ2v) is 4.43. The van der Waals surface area contributed by atoms with Gasteiger partial charge in [-0.3, -0.25) is 0 Å². The average molecular weight is 216 g/mol. The molecule has 0 unspecified atom stereocenters. The van der Waals surface area contributed by atoms with Gasteiger partial charge in [-0.05, 0) is 39.3 Å². The van der Waals surface area contributed by atoms with Crippen molar-refractivity contribution in [3.05, 3.63) is 24.3 Å². The highest BCUT2D eigenvalue weighted by atomic mass is 16.6. The van der Waals surface area contributed by atoms with Gasteiger partial charge >= 0.3 is 13.9 Å². The van der Waals surface area contributed by atoms with Crippen molar-refractivity contribution in [3.63, 3.8) is 0 Å². The van der Waals surface area contributed by atoms with Crippen LogP contribution in [0.1, 0.15) is 0 Å². The Morgan fingerprint density at radius 3 is 2.00 bits per heavy atom. The minimum Gasteiger partial charge on any atom is -0.528 e. The topological polar surface area (TPSA) is 24.9 Å². The van der Waals surface area contributed by atoms with Crippen LogP contribution in [0.25, 0.3) is 0 Å². The number of benzene rings is 1. The van der Waals surface area contributed by atoms with Gasteiger partial charge in [-0.2, -0.15) is 0 Å². The van der Waals surface area contributed by atoms with Gasteiger partial charge in [0.1, 0.15) is 11.5 Å². The first kappa shape index (κ1) is 10.1. The molecule has 0 amide bonds. The van der Waals surface area contributed by atoms with Crippen molar-refractivity contribution in [1.82, 2.24) is 9.62 Å². The molecule has 0 spiro atoms. The summed E-state index contributed by atoms with van der Waals surface area (Å²) in [5.74, 6) is 1.70. The van der Waals surface area contributed by atoms with Crippen LogP contribution in [0.2, 0.25) is 0 Å². The summed E-state index contributed by atoms with van der Waals surface area (Å²) in [7, 11) is 3.99. The molecule has 1 saturated heterocycles. The minimum absolute atomic E-state index is 0.201. The van der Waals surface area contributed by atoms with Gasteiger partial charge in [0.2, 0.25) is 0 Å². The maximum atomic E-state index is 5.83. The molecule has 16 heavy (non-hydrogen) atoms. The lowest BCUT2D eigenvalue weighted by Gasteiger charge is -2.20. The summed E-state index contributed by atoms with van der Waals surface area (Å²) < 4.78 is 11.7. The van der Waals surface area contributed by atoms with Gasteiger partial charge in [0.05, 0.1) is 0 Å². The van der Waals surface area contributed by atoms with E-state index in [2.05, 4.69) is 23.7 Å². The van der Waals surface area contributed by atoms with Crippen molar-refractivity contribution in [3.8, 4) is 11.5 Å². The van der Waals surface area contributed by atoms with Crippen molar-refractivity contribution < 1.29 is 9.31 Å². The van der Waals surface area contributed by atoms with E-state index in [1.807, 2.05) is 24.3 Å². The van der Waals surface area contributed by atoms with Crippen LogP contribution in [0.5, 0.6) is 11.5 Å². The fraction of sp³-hybridized carbons (Fsp3) is 0.400. The molecule has 0 saturated carbocycles. The lowest BCUT2D eigenvalue weighted by molar-refractivity contribution is 0.503. The van der Waals surface area contributed by atoms with E-state index in [9.17, 15) is 0 Å². The Morgan fingerprint density at radius 2 is 1.50 bits per heavy atom. The monoisotopic (exact) mass is 216 g/mol. The molecule has 0 aromatic heterocycles. The first-order valence-corrected chi connectivity index (χ1v) is 5.58. The molecular formula is C10H14B2N2O2. The molecule has 1 fully saturated rings. The molecule has 2 heterocycles. The lowest BCUT2D eigenvalue weighted by Crippen LogP contribution is -2.57. The number of para-hydroxylation sites is 2. The standard InChI is InChI=1S/C10H14B2N2O2/c1-13-7-8-14(2)11(13)12-15-9-5-3-4-6-10(9)16-12/h3-6H,7-8H2,1-2H3. The van der Waals surface area contributed by atoms with Gasteiger partial charge in [-0.1, -0.05) is 12.1 Å². The Hall–Kier alpha value is -1.13. The predicted octanol–water partition coefficient (Wildman–Crippen LogP) is 0.390. The molecule has 0 radical (unpaired) electrons. The largest absolute Gasteiger partial charge is 0.580 e. The molecule has 0 atom stereocenters. The molecule has 2 aliphatic heterocycles. The molecule has 4 nitrogen and oxygen atoms in total. The van der Waals surface area contributed by atoms with E-state index >= 15 is 0 Å². The van der Waals surface area contributed by atoms with Crippen LogP contribution in [0.4, 0.5) is 0 Å². The van der Waals surface area contributed by atoms with Gasteiger partial charge in [-0.25, -0.2) is 0 Å². The normalized spacial score (nSPS) is 20.9. The Bertz CT molecular complexity index is 369. The van der Waals surface area contributed by atoms with Crippen molar-refractivity contribution >= 4 is 13.9 Å². The maximum Gasteiger partial charge on any atom is 0.580 e. The summed E-state index contributed by atoms with van der Waals surface area (Å²) in [6.45, 7) is 2.31. The Morgan fingerprint density at radius 1 is 1.00 bits per heavy atom. The van der Waals surface area contributed by atoms with Crippen LogP contribution < -0.4 is 9.31 Å². The van der Waals surface area contributed by atoms with Gasteiger partial charge in [0.15, 0.2) is 0 Å². The third kappa shape index (κ3) is 1.49. The zero-order valence-electron chi connectivity index (χ0n) is 9.59. The van der Waals surface area contributed by atoms with Gasteiger partial charge < -0.3 is 18.9 Å². The number of nitrogens with zero attached hydrogens (tertiary/aromatic N) is 2. The molecule has 0 aliphatic carbocycles. The third-order valence-corrected chi connectivity index (χ3v) is 3.29. The summed E-state index contributed by atoms with van der Waals surface area (Å²) in [4.78, 5) is 4.52. The molecular weight excluding hydrogens is 202 g/mol. The van der Waals surface area contributed by atoms with Crippen LogP contribution in [-0.4, -0.2) is 50.7 Å². The van der Waals surface area contributed by atoms with E-state index in [0.717, 1.165) is 24.6 Å². The fourth-order valence-corrected chi connectivity index (χ4v) is 2.37. The lowest BCUT2D eigenvalue weighted by atomic mass is 9.40. The summed E-state index contributed by atoms with van der Waals surface area (Å²) >= 11 is 0. The molecule has 2 aliphatic rings. The average Bonchev–Trinajstić information content (AvgIpc) is 2.82. The smallest absolute Gasteiger partial charge is 0.528 e. The van der Waals surface area contributed by atoms with E-state index < -0.39 is 0 Å². The number of likely N-dealkylation sites (N-methyl/N-ethyl adjacent to an activating group) is 2. The fourth-order valence-electron chi connectivity index (χ4n) is 2.37. The van der Waals surface area contributed by atoms with E-state index in [0.29, 0.717) is 0 Å². The van der Waals surface area contributed by atoms with Crippen molar-refractivity contribution in [1.29, 1.82) is 0 Å². The highest BCUT2D eigenvalue weighted by molar-refractivity contribution is 7.15. The SMILES string of the molecule is CN1CCN(C)B1B1Oc2ccccc2O1. The zero-order valence-corrected chi connectivity index (χ0v) is 9.59. The number of hydrogen-bond donors (Lipinski definition) is 0. The van der Waals surface area contributed by atoms with Crippen LogP contribution in [0.15, 0.2) is 24.3 Å². The van der Waals surface area contributed by atoms with Crippen molar-refractivity contribution in [2.24, 2.45) is 0 Å². The number of rotatable bonds is 1. The predicted molar refractivity (Wildman–Crippen MR) is 64.5 cm³/mol. The maximum absolute atomic E-state index is 5.83. The number of fused-ring (bicyclic) bond motifs is 1. The molecule has 3 rings (SSSR count). The van der Waals surface area contributed by atoms with Gasteiger partial charge in [0.25, 0.3) is 0 Å².